The summed E-state index contributed by atoms with van der Waals surface area (Å²) in [6, 6.07) is 8.57. The molecule has 0 bridgehead atoms. The SMILES string of the molecule is CCCCOCP(=O)(O)Oc1ccccc1. The van der Waals surface area contributed by atoms with Gasteiger partial charge in [-0.25, -0.2) is 4.57 Å². The molecule has 16 heavy (non-hydrogen) atoms. The molecule has 0 amide bonds. The Balaban J connectivity index is 2.37. The average Bonchev–Trinajstić information content (AvgIpc) is 2.25. The van der Waals surface area contributed by atoms with E-state index in [4.69, 9.17) is 9.26 Å². The smallest absolute Gasteiger partial charge is 0.402 e. The van der Waals surface area contributed by atoms with E-state index >= 15 is 0 Å². The number of ether oxygens (including phenoxy) is 1. The Morgan fingerprint density at radius 3 is 2.62 bits per heavy atom. The number of rotatable bonds is 7. The van der Waals surface area contributed by atoms with Crippen LogP contribution in [0.2, 0.25) is 0 Å². The molecule has 90 valence electrons. The second-order valence-electron chi connectivity index (χ2n) is 3.43. The second-order valence-corrected chi connectivity index (χ2v) is 5.15. The molecular weight excluding hydrogens is 227 g/mol. The molecule has 1 aromatic carbocycles. The van der Waals surface area contributed by atoms with Crippen LogP contribution in [0.3, 0.4) is 0 Å². The van der Waals surface area contributed by atoms with Crippen LogP contribution in [0.5, 0.6) is 5.75 Å². The van der Waals surface area contributed by atoms with Gasteiger partial charge in [-0.3, -0.25) is 0 Å². The lowest BCUT2D eigenvalue weighted by Gasteiger charge is -2.13. The Hall–Kier alpha value is -0.830. The summed E-state index contributed by atoms with van der Waals surface area (Å²) in [5.74, 6) is 0.382. The highest BCUT2D eigenvalue weighted by Gasteiger charge is 2.20. The Bertz CT molecular complexity index is 339. The zero-order valence-electron chi connectivity index (χ0n) is 9.33. The molecule has 0 fully saturated rings. The van der Waals surface area contributed by atoms with Crippen LogP contribution in [-0.4, -0.2) is 17.8 Å². The van der Waals surface area contributed by atoms with Gasteiger partial charge < -0.3 is 14.2 Å². The van der Waals surface area contributed by atoms with Crippen molar-refractivity contribution in [3.63, 3.8) is 0 Å². The third-order valence-electron chi connectivity index (χ3n) is 1.89. The first-order chi connectivity index (χ1) is 7.64. The van der Waals surface area contributed by atoms with Crippen LogP contribution in [-0.2, 0) is 9.30 Å². The van der Waals surface area contributed by atoms with E-state index in [1.807, 2.05) is 13.0 Å². The highest BCUT2D eigenvalue weighted by molar-refractivity contribution is 7.53. The summed E-state index contributed by atoms with van der Waals surface area (Å²) in [5, 5.41) is 0. The van der Waals surface area contributed by atoms with Crippen molar-refractivity contribution in [2.75, 3.05) is 13.0 Å². The summed E-state index contributed by atoms with van der Waals surface area (Å²) < 4.78 is 21.6. The molecule has 0 saturated heterocycles. The first-order valence-electron chi connectivity index (χ1n) is 5.28. The molecule has 1 atom stereocenters. The summed E-state index contributed by atoms with van der Waals surface area (Å²) in [6.45, 7) is 2.52. The van der Waals surface area contributed by atoms with Gasteiger partial charge in [0.2, 0.25) is 0 Å². The first-order valence-corrected chi connectivity index (χ1v) is 7.04. The van der Waals surface area contributed by atoms with Gasteiger partial charge in [-0.05, 0) is 18.6 Å². The summed E-state index contributed by atoms with van der Waals surface area (Å²) in [6.07, 6.45) is 1.61. The van der Waals surface area contributed by atoms with E-state index in [0.717, 1.165) is 12.8 Å². The average molecular weight is 244 g/mol. The summed E-state index contributed by atoms with van der Waals surface area (Å²) in [7, 11) is -3.68. The second kappa shape index (κ2) is 6.69. The van der Waals surface area contributed by atoms with Gasteiger partial charge in [-0.15, -0.1) is 0 Å². The van der Waals surface area contributed by atoms with E-state index in [9.17, 15) is 9.46 Å². The lowest BCUT2D eigenvalue weighted by Crippen LogP contribution is -2.02. The largest absolute Gasteiger partial charge is 0.423 e. The lowest BCUT2D eigenvalue weighted by atomic mass is 10.3. The van der Waals surface area contributed by atoms with Crippen molar-refractivity contribution in [2.24, 2.45) is 0 Å². The van der Waals surface area contributed by atoms with Crippen LogP contribution < -0.4 is 4.52 Å². The van der Waals surface area contributed by atoms with Crippen LogP contribution in [0.25, 0.3) is 0 Å². The maximum Gasteiger partial charge on any atom is 0.402 e. The molecule has 0 heterocycles. The van der Waals surface area contributed by atoms with Crippen molar-refractivity contribution in [1.82, 2.24) is 0 Å². The molecule has 0 saturated carbocycles. The van der Waals surface area contributed by atoms with E-state index in [-0.39, 0.29) is 6.35 Å². The fourth-order valence-corrected chi connectivity index (χ4v) is 1.96. The zero-order valence-corrected chi connectivity index (χ0v) is 10.2. The van der Waals surface area contributed by atoms with Crippen molar-refractivity contribution in [3.05, 3.63) is 30.3 Å². The Morgan fingerprint density at radius 2 is 2.00 bits per heavy atom. The molecule has 0 aliphatic heterocycles. The minimum Gasteiger partial charge on any atom is -0.423 e. The number of hydrogen-bond acceptors (Lipinski definition) is 3. The molecule has 0 spiro atoms. The topological polar surface area (TPSA) is 55.8 Å². The van der Waals surface area contributed by atoms with Crippen molar-refractivity contribution in [3.8, 4) is 5.75 Å². The zero-order chi connectivity index (χ0) is 11.9. The third kappa shape index (κ3) is 5.31. The maximum atomic E-state index is 11.6. The molecule has 1 aromatic rings. The minimum absolute atomic E-state index is 0.262. The summed E-state index contributed by atoms with van der Waals surface area (Å²) in [4.78, 5) is 9.48. The first kappa shape index (κ1) is 13.2. The fourth-order valence-electron chi connectivity index (χ4n) is 1.10. The molecule has 4 nitrogen and oxygen atoms in total. The van der Waals surface area contributed by atoms with Crippen molar-refractivity contribution in [2.45, 2.75) is 19.8 Å². The van der Waals surface area contributed by atoms with Crippen molar-refractivity contribution >= 4 is 7.60 Å². The number of hydrogen-bond donors (Lipinski definition) is 1. The van der Waals surface area contributed by atoms with Gasteiger partial charge in [0, 0.05) is 6.61 Å². The molecule has 5 heteroatoms. The van der Waals surface area contributed by atoms with Crippen LogP contribution in [0, 0.1) is 0 Å². The quantitative estimate of drug-likeness (QED) is 0.591. The summed E-state index contributed by atoms with van der Waals surface area (Å²) >= 11 is 0. The van der Waals surface area contributed by atoms with E-state index in [1.165, 1.54) is 0 Å². The van der Waals surface area contributed by atoms with Gasteiger partial charge in [0.1, 0.15) is 5.75 Å². The van der Waals surface area contributed by atoms with Crippen LogP contribution in [0.1, 0.15) is 19.8 Å². The molecule has 0 radical (unpaired) electrons. The highest BCUT2D eigenvalue weighted by Crippen LogP contribution is 2.42. The fraction of sp³-hybridized carbons (Fsp3) is 0.455. The van der Waals surface area contributed by atoms with Crippen LogP contribution >= 0.6 is 7.60 Å². The molecular formula is C11H17O4P. The van der Waals surface area contributed by atoms with Crippen LogP contribution in [0.4, 0.5) is 0 Å². The molecule has 1 unspecified atom stereocenters. The molecule has 1 rings (SSSR count). The van der Waals surface area contributed by atoms with E-state index < -0.39 is 7.60 Å². The Kier molecular flexibility index (Phi) is 5.53. The molecule has 0 aromatic heterocycles. The standard InChI is InChI=1S/C11H17O4P/c1-2-3-9-14-10-16(12,13)15-11-7-5-4-6-8-11/h4-8H,2-3,9-10H2,1H3,(H,12,13). The Labute approximate surface area is 95.7 Å². The molecule has 1 N–H and O–H groups in total. The predicted octanol–water partition coefficient (Wildman–Crippen LogP) is 3.03. The molecule has 0 aliphatic carbocycles. The van der Waals surface area contributed by atoms with Crippen molar-refractivity contribution in [1.29, 1.82) is 0 Å². The predicted molar refractivity (Wildman–Crippen MR) is 62.6 cm³/mol. The van der Waals surface area contributed by atoms with Gasteiger partial charge in [0.05, 0.1) is 0 Å². The summed E-state index contributed by atoms with van der Waals surface area (Å²) in [5.41, 5.74) is 0. The highest BCUT2D eigenvalue weighted by atomic mass is 31.2. The van der Waals surface area contributed by atoms with Gasteiger partial charge in [0.25, 0.3) is 0 Å². The maximum absolute atomic E-state index is 11.6. The van der Waals surface area contributed by atoms with Crippen molar-refractivity contribution < 1.29 is 18.7 Å². The normalized spacial score (nSPS) is 14.4. The number of para-hydroxylation sites is 1. The van der Waals surface area contributed by atoms with Crippen LogP contribution in [0.15, 0.2) is 30.3 Å². The Morgan fingerprint density at radius 1 is 1.31 bits per heavy atom. The minimum atomic E-state index is -3.68. The van der Waals surface area contributed by atoms with Gasteiger partial charge in [0.15, 0.2) is 6.35 Å². The van der Waals surface area contributed by atoms with Gasteiger partial charge in [-0.2, -0.15) is 0 Å². The lowest BCUT2D eigenvalue weighted by molar-refractivity contribution is 0.155. The number of unbranched alkanes of at least 4 members (excludes halogenated alkanes) is 1. The van der Waals surface area contributed by atoms with Gasteiger partial charge in [-0.1, -0.05) is 31.5 Å². The monoisotopic (exact) mass is 244 g/mol. The number of benzene rings is 1. The molecule has 0 aliphatic rings. The van der Waals surface area contributed by atoms with E-state index in [2.05, 4.69) is 0 Å². The van der Waals surface area contributed by atoms with E-state index in [1.54, 1.807) is 24.3 Å². The van der Waals surface area contributed by atoms with E-state index in [0.29, 0.717) is 12.4 Å². The van der Waals surface area contributed by atoms with Gasteiger partial charge >= 0.3 is 7.60 Å². The third-order valence-corrected chi connectivity index (χ3v) is 2.89.